The molecule has 2 fully saturated rings. The van der Waals surface area contributed by atoms with Crippen LogP contribution in [0, 0.1) is 6.92 Å². The van der Waals surface area contributed by atoms with Crippen LogP contribution in [0.15, 0.2) is 34.3 Å². The maximum Gasteiger partial charge on any atom is 0.147 e. The Morgan fingerprint density at radius 3 is 2.81 bits per heavy atom. The first kappa shape index (κ1) is 19.3. The van der Waals surface area contributed by atoms with Crippen molar-refractivity contribution in [1.29, 1.82) is 0 Å². The van der Waals surface area contributed by atoms with Gasteiger partial charge in [0.15, 0.2) is 0 Å². The molecule has 1 unspecified atom stereocenters. The largest absolute Gasteiger partial charge is 0.383 e. The summed E-state index contributed by atoms with van der Waals surface area (Å²) in [5, 5.41) is 12.6. The van der Waals surface area contributed by atoms with Crippen LogP contribution in [0.5, 0.6) is 0 Å². The minimum absolute atomic E-state index is 0.0728. The maximum absolute atomic E-state index is 10.8. The van der Waals surface area contributed by atoms with E-state index >= 15 is 0 Å². The van der Waals surface area contributed by atoms with Crippen LogP contribution in [0.4, 0.5) is 5.82 Å². The van der Waals surface area contributed by atoms with Gasteiger partial charge >= 0.3 is 0 Å². The molecular formula is C19H21Cl2N3O2S. The lowest BCUT2D eigenvalue weighted by Crippen LogP contribution is -2.68. The third-order valence-corrected chi connectivity index (χ3v) is 7.13. The van der Waals surface area contributed by atoms with E-state index in [0.717, 1.165) is 47.3 Å². The normalized spacial score (nSPS) is 21.8. The third-order valence-electron chi connectivity index (χ3n) is 5.04. The monoisotopic (exact) mass is 425 g/mol. The van der Waals surface area contributed by atoms with E-state index in [1.54, 1.807) is 12.3 Å². The molecule has 1 N–H and O–H groups in total. The van der Waals surface area contributed by atoms with Gasteiger partial charge in [-0.25, -0.2) is 9.97 Å². The molecule has 0 bridgehead atoms. The van der Waals surface area contributed by atoms with Gasteiger partial charge < -0.3 is 14.7 Å². The Kier molecular flexibility index (Phi) is 5.54. The first-order valence-electron chi connectivity index (χ1n) is 9.01. The molecule has 27 heavy (non-hydrogen) atoms. The molecule has 5 nitrogen and oxygen atoms in total. The van der Waals surface area contributed by atoms with E-state index in [1.807, 2.05) is 24.0 Å². The number of benzene rings is 1. The summed E-state index contributed by atoms with van der Waals surface area (Å²) >= 11 is 13.8. The molecule has 0 spiro atoms. The van der Waals surface area contributed by atoms with Crippen molar-refractivity contribution in [3.05, 3.63) is 40.1 Å². The Labute approximate surface area is 173 Å². The van der Waals surface area contributed by atoms with Gasteiger partial charge in [-0.2, -0.15) is 0 Å². The Bertz CT molecular complexity index is 840. The average Bonchev–Trinajstić information content (AvgIpc) is 2.65. The lowest BCUT2D eigenvalue weighted by Gasteiger charge is -2.51. The number of aryl methyl sites for hydroxylation is 1. The molecule has 2 aromatic rings. The lowest BCUT2D eigenvalue weighted by molar-refractivity contribution is -0.139. The van der Waals surface area contributed by atoms with Crippen LogP contribution in [0.25, 0.3) is 0 Å². The first-order chi connectivity index (χ1) is 13.0. The summed E-state index contributed by atoms with van der Waals surface area (Å²) in [6.45, 7) is 3.72. The van der Waals surface area contributed by atoms with Crippen molar-refractivity contribution in [2.45, 2.75) is 47.8 Å². The zero-order valence-electron chi connectivity index (χ0n) is 15.0. The fourth-order valence-corrected chi connectivity index (χ4v) is 4.85. The van der Waals surface area contributed by atoms with E-state index in [2.05, 4.69) is 9.97 Å². The second-order valence-corrected chi connectivity index (χ2v) is 8.90. The number of anilines is 1. The Balaban J connectivity index is 1.44. The minimum Gasteiger partial charge on any atom is -0.383 e. The predicted octanol–water partition coefficient (Wildman–Crippen LogP) is 4.36. The summed E-state index contributed by atoms with van der Waals surface area (Å²) in [5.74, 6) is 0.773. The van der Waals surface area contributed by atoms with Crippen LogP contribution in [0.3, 0.4) is 0 Å². The number of aliphatic hydroxyl groups is 1. The van der Waals surface area contributed by atoms with Crippen molar-refractivity contribution in [3.8, 4) is 0 Å². The molecule has 2 saturated heterocycles. The van der Waals surface area contributed by atoms with Gasteiger partial charge in [-0.05, 0) is 38.3 Å². The molecule has 4 rings (SSSR count). The zero-order chi connectivity index (χ0) is 19.0. The number of β-amino-alcohol motifs (C(OH)–C–C–N with tert-alkyl or cyclic N) is 1. The zero-order valence-corrected chi connectivity index (χ0v) is 17.3. The molecule has 1 atom stereocenters. The van der Waals surface area contributed by atoms with Crippen molar-refractivity contribution in [2.24, 2.45) is 0 Å². The smallest absolute Gasteiger partial charge is 0.147 e. The highest BCUT2D eigenvalue weighted by molar-refractivity contribution is 7.99. The molecule has 0 amide bonds. The summed E-state index contributed by atoms with van der Waals surface area (Å²) in [7, 11) is 0. The van der Waals surface area contributed by atoms with Gasteiger partial charge in [-0.1, -0.05) is 41.0 Å². The summed E-state index contributed by atoms with van der Waals surface area (Å²) in [6.07, 6.45) is 4.79. The second kappa shape index (κ2) is 7.76. The van der Waals surface area contributed by atoms with Crippen molar-refractivity contribution in [3.63, 3.8) is 0 Å². The van der Waals surface area contributed by atoms with E-state index in [9.17, 15) is 5.11 Å². The minimum atomic E-state index is -0.780. The van der Waals surface area contributed by atoms with Gasteiger partial charge in [0.25, 0.3) is 0 Å². The number of ether oxygens (including phenoxy) is 1. The number of rotatable bonds is 4. The topological polar surface area (TPSA) is 58.5 Å². The van der Waals surface area contributed by atoms with Gasteiger partial charge in [0.05, 0.1) is 41.1 Å². The number of aromatic nitrogens is 2. The maximum atomic E-state index is 10.8. The highest BCUT2D eigenvalue weighted by Crippen LogP contribution is 2.38. The molecule has 0 aliphatic carbocycles. The molecule has 1 aromatic carbocycles. The number of hydrogen-bond acceptors (Lipinski definition) is 6. The standard InChI is InChI=1S/C19H21Cl2N3O2S/c1-12-18(27-14-6-4-5-13(20)17(14)21)22-9-16(23-12)24-10-19(25,11-24)15-7-2-3-8-26-15/h4-6,9,15,25H,2-3,7-8,10-11H2,1H3. The highest BCUT2D eigenvalue weighted by atomic mass is 35.5. The Morgan fingerprint density at radius 1 is 1.30 bits per heavy atom. The molecule has 1 aromatic heterocycles. The molecule has 8 heteroatoms. The van der Waals surface area contributed by atoms with E-state index < -0.39 is 5.60 Å². The van der Waals surface area contributed by atoms with E-state index in [-0.39, 0.29) is 6.10 Å². The SMILES string of the molecule is Cc1nc(N2CC(O)(C3CCCCO3)C2)cnc1Sc1cccc(Cl)c1Cl. The quantitative estimate of drug-likeness (QED) is 0.784. The molecule has 2 aliphatic heterocycles. The summed E-state index contributed by atoms with van der Waals surface area (Å²) in [4.78, 5) is 12.1. The molecule has 2 aliphatic rings. The molecule has 3 heterocycles. The summed E-state index contributed by atoms with van der Waals surface area (Å²) in [6, 6.07) is 5.53. The van der Waals surface area contributed by atoms with Crippen LogP contribution < -0.4 is 4.90 Å². The van der Waals surface area contributed by atoms with Crippen molar-refractivity contribution in [2.75, 3.05) is 24.6 Å². The van der Waals surface area contributed by atoms with Crippen molar-refractivity contribution < 1.29 is 9.84 Å². The number of halogens is 2. The Morgan fingerprint density at radius 2 is 2.11 bits per heavy atom. The first-order valence-corrected chi connectivity index (χ1v) is 10.6. The molecule has 0 radical (unpaired) electrons. The van der Waals surface area contributed by atoms with Gasteiger partial charge in [0.1, 0.15) is 16.4 Å². The summed E-state index contributed by atoms with van der Waals surface area (Å²) < 4.78 is 5.76. The average molecular weight is 426 g/mol. The van der Waals surface area contributed by atoms with Gasteiger partial charge in [-0.3, -0.25) is 0 Å². The van der Waals surface area contributed by atoms with E-state index in [0.29, 0.717) is 23.1 Å². The molecule has 0 saturated carbocycles. The number of nitrogens with zero attached hydrogens (tertiary/aromatic N) is 3. The van der Waals surface area contributed by atoms with Gasteiger partial charge in [0.2, 0.25) is 0 Å². The fraction of sp³-hybridized carbons (Fsp3) is 0.474. The fourth-order valence-electron chi connectivity index (χ4n) is 3.52. The van der Waals surface area contributed by atoms with Crippen LogP contribution in [-0.2, 0) is 4.74 Å². The van der Waals surface area contributed by atoms with Gasteiger partial charge in [0, 0.05) is 11.5 Å². The van der Waals surface area contributed by atoms with Gasteiger partial charge in [-0.15, -0.1) is 0 Å². The predicted molar refractivity (Wildman–Crippen MR) is 108 cm³/mol. The summed E-state index contributed by atoms with van der Waals surface area (Å²) in [5.41, 5.74) is 0.0375. The third kappa shape index (κ3) is 3.91. The molecule has 144 valence electrons. The van der Waals surface area contributed by atoms with Crippen molar-refractivity contribution in [1.82, 2.24) is 9.97 Å². The second-order valence-electron chi connectivity index (χ2n) is 7.09. The van der Waals surface area contributed by atoms with Crippen molar-refractivity contribution >= 4 is 40.8 Å². The lowest BCUT2D eigenvalue weighted by atomic mass is 9.84. The molecular weight excluding hydrogens is 405 g/mol. The van der Waals surface area contributed by atoms with Crippen LogP contribution in [0.2, 0.25) is 10.0 Å². The van der Waals surface area contributed by atoms with Crippen LogP contribution >= 0.6 is 35.0 Å². The van der Waals surface area contributed by atoms with E-state index in [1.165, 1.54) is 11.8 Å². The van der Waals surface area contributed by atoms with Crippen LogP contribution in [0.1, 0.15) is 25.0 Å². The highest BCUT2D eigenvalue weighted by Gasteiger charge is 2.49. The van der Waals surface area contributed by atoms with Crippen LogP contribution in [-0.4, -0.2) is 46.5 Å². The number of hydrogen-bond donors (Lipinski definition) is 1. The Hall–Kier alpha value is -1.05. The van der Waals surface area contributed by atoms with E-state index in [4.69, 9.17) is 27.9 Å².